The lowest BCUT2D eigenvalue weighted by atomic mass is 9.89. The third kappa shape index (κ3) is 23.2. The fourth-order valence-electron chi connectivity index (χ4n) is 13.4. The minimum absolute atomic E-state index is 0. The average molecular weight is 1410 g/mol. The van der Waals surface area contributed by atoms with Crippen molar-refractivity contribution in [2.75, 3.05) is 77.5 Å². The summed E-state index contributed by atoms with van der Waals surface area (Å²) in [4.78, 5) is 43.3. The Morgan fingerprint density at radius 2 is 1.17 bits per heavy atom. The van der Waals surface area contributed by atoms with Gasteiger partial charge >= 0.3 is 5.97 Å². The molecule has 6 aromatic rings. The van der Waals surface area contributed by atoms with Crippen molar-refractivity contribution < 1.29 is 58.3 Å². The summed E-state index contributed by atoms with van der Waals surface area (Å²) < 4.78 is 23.2. The highest BCUT2D eigenvalue weighted by molar-refractivity contribution is 6.76. The van der Waals surface area contributed by atoms with Gasteiger partial charge in [-0.05, 0) is 170 Å². The quantitative estimate of drug-likeness (QED) is 0.0116. The highest BCUT2D eigenvalue weighted by Crippen LogP contribution is 2.43. The molecule has 3 aliphatic rings. The second kappa shape index (κ2) is 41.5. The first kappa shape index (κ1) is 84.1. The van der Waals surface area contributed by atoms with E-state index in [1.807, 2.05) is 149 Å². The number of amides is 1. The molecule has 7 N–H and O–H groups in total. The van der Waals surface area contributed by atoms with E-state index in [1.54, 1.807) is 43.4 Å². The number of ether oxygens (including phenoxy) is 3. The molecule has 0 spiro atoms. The van der Waals surface area contributed by atoms with Crippen LogP contribution in [0.1, 0.15) is 146 Å². The number of aliphatic hydroxyl groups excluding tert-OH is 4. The zero-order valence-electron chi connectivity index (χ0n) is 60.4. The Hall–Kier alpha value is -7.60. The van der Waals surface area contributed by atoms with Gasteiger partial charge in [0.25, 0.3) is 0 Å². The average Bonchev–Trinajstić information content (AvgIpc) is 1.61. The smallest absolute Gasteiger partial charge is 0.326 e. The van der Waals surface area contributed by atoms with E-state index in [9.17, 15) is 30.0 Å². The van der Waals surface area contributed by atoms with Crippen molar-refractivity contribution in [2.24, 2.45) is 17.6 Å². The van der Waals surface area contributed by atoms with Crippen molar-refractivity contribution in [3.8, 4) is 35.2 Å². The van der Waals surface area contributed by atoms with Crippen LogP contribution in [0.2, 0.25) is 17.1 Å². The molecule has 0 aromatic heterocycles. The summed E-state index contributed by atoms with van der Waals surface area (Å²) in [5, 5.41) is 48.4. The van der Waals surface area contributed by atoms with E-state index >= 15 is 0 Å². The molecule has 18 nitrogen and oxygen atoms in total. The first-order valence-corrected chi connectivity index (χ1v) is 37.2. The highest BCUT2D eigenvalue weighted by atomic mass is 28.4. The number of methoxy groups -OCH3 is 2. The van der Waals surface area contributed by atoms with Gasteiger partial charge in [-0.25, -0.2) is 0 Å². The van der Waals surface area contributed by atoms with E-state index < -0.39 is 50.7 Å². The molecule has 9 rings (SSSR count). The molecular formula is C82H116N6O12Si. The van der Waals surface area contributed by atoms with Gasteiger partial charge in [0.15, 0.2) is 8.32 Å². The number of carbonyl (C=O) groups is 2. The zero-order chi connectivity index (χ0) is 71.8. The number of nitrogens with one attached hydrogen (secondary N) is 1. The minimum Gasteiger partial charge on any atom is -0.497 e. The molecule has 2 unspecified atom stereocenters. The molecule has 6 aromatic carbocycles. The lowest BCUT2D eigenvalue weighted by Crippen LogP contribution is -2.49. The summed E-state index contributed by atoms with van der Waals surface area (Å²) in [7, 11) is 5.28. The molecule has 3 heterocycles. The summed E-state index contributed by atoms with van der Waals surface area (Å²) in [6.45, 7) is 22.6. The Balaban J connectivity index is 0.000000307. The highest BCUT2D eigenvalue weighted by Gasteiger charge is 2.57. The second-order valence-corrected chi connectivity index (χ2v) is 31.7. The van der Waals surface area contributed by atoms with Gasteiger partial charge in [0, 0.05) is 62.1 Å². The molecule has 0 bridgehead atoms. The number of nitrogens with zero attached hydrogens (tertiary/aromatic N) is 4. The number of unbranched alkanes of at least 4 members (excludes halogenated alkanes) is 1. The molecule has 3 fully saturated rings. The minimum atomic E-state index is -2.04. The number of esters is 1. The van der Waals surface area contributed by atoms with Crippen LogP contribution < -0.4 is 30.3 Å². The molecule has 0 saturated carbocycles. The molecular weight excluding hydrogens is 1290 g/mol. The van der Waals surface area contributed by atoms with Crippen LogP contribution in [-0.2, 0) is 41.5 Å². The van der Waals surface area contributed by atoms with Crippen LogP contribution in [0.3, 0.4) is 0 Å². The van der Waals surface area contributed by atoms with Crippen molar-refractivity contribution in [1.82, 2.24) is 15.4 Å². The van der Waals surface area contributed by atoms with Crippen LogP contribution in [-0.4, -0.2) is 155 Å². The Morgan fingerprint density at radius 1 is 0.673 bits per heavy atom. The molecule has 19 heteroatoms. The van der Waals surface area contributed by atoms with E-state index in [-0.39, 0.29) is 58.0 Å². The molecule has 3 aliphatic heterocycles. The van der Waals surface area contributed by atoms with Crippen LogP contribution in [0.5, 0.6) is 11.5 Å². The summed E-state index contributed by atoms with van der Waals surface area (Å²) in [5.74, 6) is 12.3. The normalized spacial score (nSPS) is 19.4. The number of para-hydroxylation sites is 2. The van der Waals surface area contributed by atoms with Crippen molar-refractivity contribution in [1.29, 1.82) is 0 Å². The molecule has 3 saturated heterocycles. The number of aliphatic hydroxyl groups is 4. The Bertz CT molecular complexity index is 3610. The Labute approximate surface area is 604 Å². The van der Waals surface area contributed by atoms with Gasteiger partial charge in [0.1, 0.15) is 54.1 Å². The predicted molar refractivity (Wildman–Crippen MR) is 408 cm³/mol. The Kier molecular flexibility index (Phi) is 34.5. The number of hydroxylamine groups is 4. The number of carbonyl (C=O) groups excluding carboxylic acids is 2. The van der Waals surface area contributed by atoms with Crippen LogP contribution in [0.25, 0.3) is 0 Å². The molecule has 101 heavy (non-hydrogen) atoms. The van der Waals surface area contributed by atoms with E-state index in [1.165, 1.54) is 12.1 Å². The van der Waals surface area contributed by atoms with Gasteiger partial charge < -0.3 is 59.9 Å². The number of anilines is 2. The monoisotopic (exact) mass is 1400 g/mol. The fraction of sp³-hybridized carbons (Fsp3) is 0.488. The van der Waals surface area contributed by atoms with E-state index in [4.69, 9.17) is 34.0 Å². The summed E-state index contributed by atoms with van der Waals surface area (Å²) in [6, 6.07) is 46.6. The maximum absolute atomic E-state index is 13.5. The number of cyclic esters (lactones) is 1. The number of fused-ring (bicyclic) bond motifs is 1. The summed E-state index contributed by atoms with van der Waals surface area (Å²) >= 11 is 0. The Morgan fingerprint density at radius 3 is 1.62 bits per heavy atom. The van der Waals surface area contributed by atoms with Gasteiger partial charge in [-0.3, -0.25) is 19.3 Å². The van der Waals surface area contributed by atoms with E-state index in [2.05, 4.69) is 92.6 Å². The molecule has 1 amide bonds. The van der Waals surface area contributed by atoms with Crippen molar-refractivity contribution in [3.63, 3.8) is 0 Å². The fourth-order valence-corrected chi connectivity index (χ4v) is 18.1. The maximum atomic E-state index is 13.5. The lowest BCUT2D eigenvalue weighted by Gasteiger charge is -2.40. The zero-order valence-corrected chi connectivity index (χ0v) is 61.4. The predicted octanol–water partition coefficient (Wildman–Crippen LogP) is 12.7. The topological polar surface area (TPSA) is 221 Å². The van der Waals surface area contributed by atoms with Gasteiger partial charge in [-0.2, -0.15) is 10.1 Å². The molecule has 550 valence electrons. The SMILES string of the molecule is C.C.CCCC[Si](OC[C@H]1ON(Cc2cccc(C#CC(O)c3ccc(OC)cc3C)c2)[C@H]2C(=O)O[C@H](C)[C@@H]12)(C(C)C)C(C)C.CN(CCCN)c1ccccc1.COc1ccc(C(O)C#Cc2cccc(CN3O[C@H](CO)[C@H]([C@@H](C)O)[C@@H]3C(=O)NCCCN(C)c3ccccc3)c2)c(C)c1. The molecule has 0 aliphatic carbocycles. The van der Waals surface area contributed by atoms with Crippen LogP contribution in [0, 0.1) is 49.4 Å². The van der Waals surface area contributed by atoms with Crippen molar-refractivity contribution in [2.45, 2.75) is 182 Å². The number of rotatable bonds is 28. The van der Waals surface area contributed by atoms with Crippen molar-refractivity contribution >= 4 is 31.6 Å². The van der Waals surface area contributed by atoms with Gasteiger partial charge in [0.05, 0.1) is 52.5 Å². The largest absolute Gasteiger partial charge is 0.497 e. The van der Waals surface area contributed by atoms with Crippen molar-refractivity contribution in [3.05, 3.63) is 190 Å². The van der Waals surface area contributed by atoms with Gasteiger partial charge in [-0.15, -0.1) is 0 Å². The first-order valence-electron chi connectivity index (χ1n) is 34.9. The third-order valence-corrected chi connectivity index (χ3v) is 24.8. The number of hydrogen-bond donors (Lipinski definition) is 6. The van der Waals surface area contributed by atoms with E-state index in [0.717, 1.165) is 89.8 Å². The maximum Gasteiger partial charge on any atom is 0.326 e. The van der Waals surface area contributed by atoms with E-state index in [0.29, 0.717) is 47.7 Å². The summed E-state index contributed by atoms with van der Waals surface area (Å²) in [6.07, 6.45) is 0.129. The number of aryl methyl sites for hydroxylation is 2. The van der Waals surface area contributed by atoms with Crippen LogP contribution >= 0.6 is 0 Å². The number of nitrogens with two attached hydrogens (primary N) is 1. The standard InChI is InChI=1S/C35H43N3O6.C35H49NO6Si.C10H16N2.2CH4/c1-24-20-29(43-4)15-16-30(24)31(41)17-14-26-10-8-11-27(21-26)22-38-34(33(25(2)40)32(23-39)44-38)35(42)36-18-9-19-37(3)28-12-6-5-7-13-28;1-9-10-18-43(23(2)3,24(4)5)40-22-32-33-26(7)41-35(38)34(33)36(42-32)21-28-13-11-12-27(20-28)14-17-31(37)30-16-15-29(39-8)19-25(30)6;1-12(9-5-8-11)10-6-3-2-4-7-10;;/h5-8,10-13,15-16,20-21,25,31-34,39-41H,9,18-19,22-23H2,1-4H3,(H,36,42);11-13,15-16,19-20,23-24,26,31-34,37H,9-10,18,21-22H2,1-8H3;2-4,6-7H,5,8-9,11H2,1H3;2*1H4/t25-,31?,32-,33+,34-;26-,31?,32-,33+,34-;;;/m11.../s1. The number of hydrogen-bond acceptors (Lipinski definition) is 17. The van der Waals surface area contributed by atoms with Gasteiger partial charge in [0.2, 0.25) is 5.91 Å². The first-order chi connectivity index (χ1) is 47.6. The van der Waals surface area contributed by atoms with Crippen LogP contribution in [0.4, 0.5) is 11.4 Å². The van der Waals surface area contributed by atoms with Gasteiger partial charge in [-0.1, -0.05) is 159 Å². The summed E-state index contributed by atoms with van der Waals surface area (Å²) in [5.41, 5.74) is 15.3. The molecule has 10 atom stereocenters. The third-order valence-electron chi connectivity index (χ3n) is 19.1. The second-order valence-electron chi connectivity index (χ2n) is 26.7. The number of benzene rings is 6. The lowest BCUT2D eigenvalue weighted by molar-refractivity contribution is -0.195. The molecule has 0 radical (unpaired) electrons. The van der Waals surface area contributed by atoms with Crippen LogP contribution in [0.15, 0.2) is 146 Å².